The number of aliphatic hydroxyl groups is 1. The summed E-state index contributed by atoms with van der Waals surface area (Å²) in [6, 6.07) is 1.59. The van der Waals surface area contributed by atoms with Gasteiger partial charge in [-0.15, -0.1) is 11.6 Å². The van der Waals surface area contributed by atoms with Gasteiger partial charge in [0.15, 0.2) is 0 Å². The van der Waals surface area contributed by atoms with Gasteiger partial charge < -0.3 is 25.8 Å². The van der Waals surface area contributed by atoms with Crippen LogP contribution in [-0.4, -0.2) is 64.0 Å². The molecule has 3 aliphatic rings. The first-order valence-corrected chi connectivity index (χ1v) is 12.0. The molecule has 11 heteroatoms. The molecule has 33 heavy (non-hydrogen) atoms. The monoisotopic (exact) mass is 504 g/mol. The number of rotatable bonds is 9. The molecule has 2 amide bonds. The lowest BCUT2D eigenvalue weighted by Gasteiger charge is -2.54. The van der Waals surface area contributed by atoms with Crippen LogP contribution in [0.2, 0.25) is 5.15 Å². The number of nitrogens with one attached hydrogen (secondary N) is 3. The topological polar surface area (TPSA) is 113 Å². The molecule has 2 bridgehead atoms. The fraction of sp³-hybridized carbons (Fsp3) is 0.682. The SMILES string of the molecule is CC(C)(O)[C@H](F)CNC(=O)c1cnc(Cl)cc1NC12CCC(NC(=O)OCCCl)(CC1)CC2. The van der Waals surface area contributed by atoms with Crippen LogP contribution in [0.4, 0.5) is 14.9 Å². The zero-order valence-electron chi connectivity index (χ0n) is 18.8. The number of pyridine rings is 1. The van der Waals surface area contributed by atoms with Crippen molar-refractivity contribution < 1.29 is 23.8 Å². The second-order valence-corrected chi connectivity index (χ2v) is 10.3. The largest absolute Gasteiger partial charge is 0.448 e. The van der Waals surface area contributed by atoms with Crippen LogP contribution in [-0.2, 0) is 4.74 Å². The average Bonchev–Trinajstić information content (AvgIpc) is 2.76. The number of anilines is 1. The molecular formula is C22H31Cl2FN4O4. The highest BCUT2D eigenvalue weighted by Crippen LogP contribution is 2.48. The van der Waals surface area contributed by atoms with E-state index in [1.54, 1.807) is 6.07 Å². The van der Waals surface area contributed by atoms with Crippen molar-refractivity contribution in [2.24, 2.45) is 0 Å². The van der Waals surface area contributed by atoms with Crippen molar-refractivity contribution >= 4 is 40.9 Å². The first-order valence-electron chi connectivity index (χ1n) is 11.1. The number of carbonyl (C=O) groups is 2. The van der Waals surface area contributed by atoms with E-state index in [1.165, 1.54) is 20.0 Å². The standard InChI is InChI=1S/C22H31Cl2FN4O4/c1-20(2,32)16(25)13-27-18(30)14-12-26-17(24)11-15(14)28-21-3-6-22(7-4-21,8-5-21)29-19(31)33-10-9-23/h11-12,16,32H,3-10,13H2,1-2H3,(H,26,28)(H,27,30)(H,29,31)/t16-,21?,22?/m1/s1. The summed E-state index contributed by atoms with van der Waals surface area (Å²) in [5.74, 6) is -0.253. The van der Waals surface area contributed by atoms with Crippen molar-refractivity contribution in [3.05, 3.63) is 23.0 Å². The van der Waals surface area contributed by atoms with Crippen molar-refractivity contribution in [3.8, 4) is 0 Å². The zero-order valence-corrected chi connectivity index (χ0v) is 20.4. The Balaban J connectivity index is 1.67. The summed E-state index contributed by atoms with van der Waals surface area (Å²) >= 11 is 11.7. The number of ether oxygens (including phenoxy) is 1. The molecule has 4 rings (SSSR count). The van der Waals surface area contributed by atoms with E-state index in [0.717, 1.165) is 38.5 Å². The third kappa shape index (κ3) is 6.39. The lowest BCUT2D eigenvalue weighted by molar-refractivity contribution is -0.00178. The first kappa shape index (κ1) is 25.8. The highest BCUT2D eigenvalue weighted by atomic mass is 35.5. The summed E-state index contributed by atoms with van der Waals surface area (Å²) in [7, 11) is 0. The number of halogens is 3. The van der Waals surface area contributed by atoms with Crippen LogP contribution < -0.4 is 16.0 Å². The van der Waals surface area contributed by atoms with E-state index in [4.69, 9.17) is 27.9 Å². The van der Waals surface area contributed by atoms with Crippen LogP contribution in [0, 0.1) is 0 Å². The van der Waals surface area contributed by atoms with Crippen molar-refractivity contribution in [1.82, 2.24) is 15.6 Å². The quantitative estimate of drug-likeness (QED) is 0.300. The first-order chi connectivity index (χ1) is 15.5. The lowest BCUT2D eigenvalue weighted by atomic mass is 9.61. The highest BCUT2D eigenvalue weighted by Gasteiger charge is 2.49. The Bertz CT molecular complexity index is 856. The van der Waals surface area contributed by atoms with Gasteiger partial charge in [-0.05, 0) is 58.4 Å². The molecule has 3 aliphatic carbocycles. The fourth-order valence-corrected chi connectivity index (χ4v) is 4.71. The number of amides is 2. The Labute approximate surface area is 202 Å². The maximum absolute atomic E-state index is 14.1. The van der Waals surface area contributed by atoms with Crippen LogP contribution >= 0.6 is 23.2 Å². The van der Waals surface area contributed by atoms with Gasteiger partial charge in [0.05, 0.1) is 29.3 Å². The Kier molecular flexibility index (Phi) is 7.96. The average molecular weight is 505 g/mol. The van der Waals surface area contributed by atoms with E-state index < -0.39 is 23.8 Å². The molecule has 3 saturated carbocycles. The van der Waals surface area contributed by atoms with Gasteiger partial charge in [-0.2, -0.15) is 0 Å². The van der Waals surface area contributed by atoms with E-state index in [2.05, 4.69) is 20.9 Å². The van der Waals surface area contributed by atoms with Gasteiger partial charge in [0.25, 0.3) is 5.91 Å². The van der Waals surface area contributed by atoms with E-state index >= 15 is 0 Å². The number of carbonyl (C=O) groups excluding carboxylic acids is 2. The molecule has 0 aromatic carbocycles. The maximum Gasteiger partial charge on any atom is 0.407 e. The third-order valence-electron chi connectivity index (χ3n) is 6.65. The van der Waals surface area contributed by atoms with E-state index in [-0.39, 0.29) is 40.8 Å². The molecule has 0 radical (unpaired) electrons. The van der Waals surface area contributed by atoms with Crippen LogP contribution in [0.15, 0.2) is 12.3 Å². The predicted molar refractivity (Wildman–Crippen MR) is 125 cm³/mol. The second kappa shape index (κ2) is 10.2. The van der Waals surface area contributed by atoms with Gasteiger partial charge >= 0.3 is 6.09 Å². The van der Waals surface area contributed by atoms with Gasteiger partial charge in [-0.25, -0.2) is 14.2 Å². The summed E-state index contributed by atoms with van der Waals surface area (Å²) in [6.45, 7) is 2.53. The van der Waals surface area contributed by atoms with Gasteiger partial charge in [-0.1, -0.05) is 11.6 Å². The van der Waals surface area contributed by atoms with Crippen molar-refractivity contribution in [3.63, 3.8) is 0 Å². The predicted octanol–water partition coefficient (Wildman–Crippen LogP) is 3.80. The molecule has 184 valence electrons. The molecule has 3 fully saturated rings. The number of fused-ring (bicyclic) bond motifs is 3. The summed E-state index contributed by atoms with van der Waals surface area (Å²) in [5, 5.41) is 19.0. The summed E-state index contributed by atoms with van der Waals surface area (Å²) in [4.78, 5) is 28.8. The normalized spacial score (nSPS) is 25.3. The molecular weight excluding hydrogens is 474 g/mol. The van der Waals surface area contributed by atoms with Gasteiger partial charge in [-0.3, -0.25) is 4.79 Å². The van der Waals surface area contributed by atoms with Gasteiger partial charge in [0.2, 0.25) is 0 Å². The van der Waals surface area contributed by atoms with Crippen molar-refractivity contribution in [2.45, 2.75) is 75.2 Å². The van der Waals surface area contributed by atoms with E-state index in [1.807, 2.05) is 0 Å². The fourth-order valence-electron chi connectivity index (χ4n) is 4.47. The molecule has 1 aromatic heterocycles. The Hall–Kier alpha value is -1.84. The Morgan fingerprint density at radius 2 is 1.85 bits per heavy atom. The number of hydrogen-bond acceptors (Lipinski definition) is 6. The zero-order chi connectivity index (χ0) is 24.3. The minimum Gasteiger partial charge on any atom is -0.448 e. The highest BCUT2D eigenvalue weighted by molar-refractivity contribution is 6.29. The third-order valence-corrected chi connectivity index (χ3v) is 7.01. The van der Waals surface area contributed by atoms with Crippen LogP contribution in [0.5, 0.6) is 0 Å². The van der Waals surface area contributed by atoms with Crippen LogP contribution in [0.3, 0.4) is 0 Å². The molecule has 0 saturated heterocycles. The smallest absolute Gasteiger partial charge is 0.407 e. The lowest BCUT2D eigenvalue weighted by Crippen LogP contribution is -2.61. The molecule has 0 aliphatic heterocycles. The number of alkyl halides is 2. The second-order valence-electron chi connectivity index (χ2n) is 9.52. The molecule has 1 heterocycles. The molecule has 8 nitrogen and oxygen atoms in total. The van der Waals surface area contributed by atoms with Gasteiger partial charge in [0.1, 0.15) is 17.9 Å². The number of nitrogens with zero attached hydrogens (tertiary/aromatic N) is 1. The number of hydrogen-bond donors (Lipinski definition) is 4. The minimum absolute atomic E-state index is 0.168. The van der Waals surface area contributed by atoms with E-state index in [9.17, 15) is 19.1 Å². The van der Waals surface area contributed by atoms with E-state index in [0.29, 0.717) is 5.69 Å². The molecule has 4 N–H and O–H groups in total. The molecule has 0 unspecified atom stereocenters. The summed E-state index contributed by atoms with van der Waals surface area (Å²) in [5.41, 5.74) is -1.33. The molecule has 1 atom stereocenters. The minimum atomic E-state index is -1.62. The Morgan fingerprint density at radius 1 is 1.24 bits per heavy atom. The number of alkyl carbamates (subject to hydrolysis) is 1. The Morgan fingerprint density at radius 3 is 2.42 bits per heavy atom. The van der Waals surface area contributed by atoms with Crippen molar-refractivity contribution in [2.75, 3.05) is 24.3 Å². The summed E-state index contributed by atoms with van der Waals surface area (Å²) in [6.07, 6.45) is 3.96. The van der Waals surface area contributed by atoms with Crippen molar-refractivity contribution in [1.29, 1.82) is 0 Å². The van der Waals surface area contributed by atoms with Gasteiger partial charge in [0, 0.05) is 17.3 Å². The molecule has 0 spiro atoms. The molecule has 1 aromatic rings. The van der Waals surface area contributed by atoms with Crippen LogP contribution in [0.1, 0.15) is 62.7 Å². The summed E-state index contributed by atoms with van der Waals surface area (Å²) < 4.78 is 19.1. The maximum atomic E-state index is 14.1. The van der Waals surface area contributed by atoms with Crippen LogP contribution in [0.25, 0.3) is 0 Å². The number of aromatic nitrogens is 1.